The van der Waals surface area contributed by atoms with Crippen molar-refractivity contribution in [3.8, 4) is 11.3 Å². The van der Waals surface area contributed by atoms with Gasteiger partial charge < -0.3 is 9.94 Å². The molecule has 0 atom stereocenters. The van der Waals surface area contributed by atoms with E-state index in [2.05, 4.69) is 4.98 Å². The van der Waals surface area contributed by atoms with Gasteiger partial charge >= 0.3 is 6.03 Å². The lowest BCUT2D eigenvalue weighted by Gasteiger charge is -2.28. The highest BCUT2D eigenvalue weighted by Gasteiger charge is 2.37. The number of nitrogens with zero attached hydrogens (tertiary/aromatic N) is 4. The average molecular weight is 288 g/mol. The Kier molecular flexibility index (Phi) is 3.13. The first kappa shape index (κ1) is 13.6. The summed E-state index contributed by atoms with van der Waals surface area (Å²) in [5.74, 6) is 0. The van der Waals surface area contributed by atoms with Gasteiger partial charge in [0.15, 0.2) is 12.4 Å². The van der Waals surface area contributed by atoms with Crippen LogP contribution in [-0.2, 0) is 4.74 Å². The summed E-state index contributed by atoms with van der Waals surface area (Å²) in [6.07, 6.45) is 5.88. The third-order valence-corrected chi connectivity index (χ3v) is 3.51. The Morgan fingerprint density at radius 1 is 1.52 bits per heavy atom. The molecule has 2 aromatic heterocycles. The second-order valence-electron chi connectivity index (χ2n) is 5.62. The highest BCUT2D eigenvalue weighted by molar-refractivity contribution is 5.78. The maximum absolute atomic E-state index is 12.5. The molecule has 0 radical (unpaired) electrons. The largest absolute Gasteiger partial charge is 0.619 e. The molecule has 7 nitrogen and oxygen atoms in total. The monoisotopic (exact) mass is 288 g/mol. The summed E-state index contributed by atoms with van der Waals surface area (Å²) in [6, 6.07) is 3.22. The van der Waals surface area contributed by atoms with Crippen molar-refractivity contribution < 1.29 is 14.3 Å². The fourth-order valence-electron chi connectivity index (χ4n) is 2.28. The molecule has 1 aliphatic rings. The van der Waals surface area contributed by atoms with E-state index in [0.717, 1.165) is 0 Å². The van der Waals surface area contributed by atoms with Crippen LogP contribution in [0.3, 0.4) is 0 Å². The van der Waals surface area contributed by atoms with Crippen molar-refractivity contribution in [1.82, 2.24) is 14.5 Å². The minimum absolute atomic E-state index is 0.192. The summed E-state index contributed by atoms with van der Waals surface area (Å²) in [6.45, 7) is 4.68. The minimum atomic E-state index is -0.341. The Labute approximate surface area is 122 Å². The normalized spacial score (nSPS) is 17.1. The summed E-state index contributed by atoms with van der Waals surface area (Å²) in [4.78, 5) is 18.3. The van der Waals surface area contributed by atoms with Crippen molar-refractivity contribution in [3.05, 3.63) is 42.3 Å². The lowest BCUT2D eigenvalue weighted by molar-refractivity contribution is -0.604. The third kappa shape index (κ3) is 2.47. The first-order valence-electron chi connectivity index (χ1n) is 6.60. The summed E-state index contributed by atoms with van der Waals surface area (Å²) < 4.78 is 7.46. The van der Waals surface area contributed by atoms with Gasteiger partial charge in [-0.3, -0.25) is 9.47 Å². The lowest BCUT2D eigenvalue weighted by atomic mass is 10.1. The molecule has 0 bridgehead atoms. The quantitative estimate of drug-likeness (QED) is 0.584. The summed E-state index contributed by atoms with van der Waals surface area (Å²) in [5.41, 5.74) is 0.897. The Morgan fingerprint density at radius 2 is 2.33 bits per heavy atom. The first-order valence-corrected chi connectivity index (χ1v) is 6.60. The van der Waals surface area contributed by atoms with Crippen molar-refractivity contribution in [2.45, 2.75) is 19.4 Å². The van der Waals surface area contributed by atoms with E-state index >= 15 is 0 Å². The number of ether oxygens (including phenoxy) is 1. The van der Waals surface area contributed by atoms with Crippen molar-refractivity contribution >= 4 is 6.03 Å². The Hall–Kier alpha value is -2.41. The maximum atomic E-state index is 12.5. The van der Waals surface area contributed by atoms with E-state index in [0.29, 0.717) is 22.6 Å². The standard InChI is InChI=1S/C14H16N4O3/c1-14(2)8-21-10-18(14)13(19)16-7-12(15-9-16)11-4-3-5-17(20)6-11/h3-7,9H,8,10H2,1-2H3. The Balaban J connectivity index is 1.87. The van der Waals surface area contributed by atoms with Crippen LogP contribution in [0.5, 0.6) is 0 Å². The molecule has 21 heavy (non-hydrogen) atoms. The zero-order chi connectivity index (χ0) is 15.0. The number of aromatic nitrogens is 3. The van der Waals surface area contributed by atoms with Gasteiger partial charge in [0.1, 0.15) is 13.1 Å². The number of hydrogen-bond acceptors (Lipinski definition) is 4. The zero-order valence-corrected chi connectivity index (χ0v) is 11.9. The molecule has 1 fully saturated rings. The highest BCUT2D eigenvalue weighted by Crippen LogP contribution is 2.23. The average Bonchev–Trinajstić information content (AvgIpc) is 3.04. The molecule has 0 unspecified atom stereocenters. The van der Waals surface area contributed by atoms with Gasteiger partial charge in [0.25, 0.3) is 0 Å². The van der Waals surface area contributed by atoms with Crippen LogP contribution >= 0.6 is 0 Å². The molecule has 110 valence electrons. The van der Waals surface area contributed by atoms with Crippen LogP contribution in [0.25, 0.3) is 11.3 Å². The molecule has 1 saturated heterocycles. The van der Waals surface area contributed by atoms with E-state index in [-0.39, 0.29) is 18.3 Å². The lowest BCUT2D eigenvalue weighted by Crippen LogP contribution is -2.45. The van der Waals surface area contributed by atoms with Crippen molar-refractivity contribution in [2.24, 2.45) is 0 Å². The molecule has 0 aliphatic carbocycles. The molecule has 2 aromatic rings. The molecule has 1 amide bonds. The predicted octanol–water partition coefficient (Wildman–Crippen LogP) is 1.22. The Morgan fingerprint density at radius 3 is 3.00 bits per heavy atom. The summed E-state index contributed by atoms with van der Waals surface area (Å²) >= 11 is 0. The van der Waals surface area contributed by atoms with Gasteiger partial charge in [-0.15, -0.1) is 0 Å². The Bertz CT molecular complexity index is 680. The zero-order valence-electron chi connectivity index (χ0n) is 11.9. The number of amides is 1. The van der Waals surface area contributed by atoms with Crippen LogP contribution in [0.4, 0.5) is 4.79 Å². The van der Waals surface area contributed by atoms with Crippen LogP contribution in [0.2, 0.25) is 0 Å². The van der Waals surface area contributed by atoms with E-state index in [1.807, 2.05) is 13.8 Å². The molecule has 3 heterocycles. The van der Waals surface area contributed by atoms with E-state index in [9.17, 15) is 10.0 Å². The molecule has 7 heteroatoms. The van der Waals surface area contributed by atoms with Gasteiger partial charge in [-0.25, -0.2) is 9.78 Å². The van der Waals surface area contributed by atoms with Crippen LogP contribution in [0, 0.1) is 5.21 Å². The van der Waals surface area contributed by atoms with E-state index < -0.39 is 0 Å². The first-order chi connectivity index (χ1) is 9.97. The van der Waals surface area contributed by atoms with Crippen LogP contribution < -0.4 is 4.73 Å². The smallest absolute Gasteiger partial charge is 0.331 e. The van der Waals surface area contributed by atoms with Gasteiger partial charge in [-0.2, -0.15) is 4.73 Å². The number of pyridine rings is 1. The molecule has 3 rings (SSSR count). The third-order valence-electron chi connectivity index (χ3n) is 3.51. The summed E-state index contributed by atoms with van der Waals surface area (Å²) in [5, 5.41) is 11.3. The van der Waals surface area contributed by atoms with Crippen LogP contribution in [0.1, 0.15) is 13.8 Å². The van der Waals surface area contributed by atoms with E-state index in [1.165, 1.54) is 23.3 Å². The van der Waals surface area contributed by atoms with Gasteiger partial charge in [-0.05, 0) is 19.9 Å². The van der Waals surface area contributed by atoms with Gasteiger partial charge in [0.05, 0.1) is 23.4 Å². The fourth-order valence-corrected chi connectivity index (χ4v) is 2.28. The number of carbonyl (C=O) groups excluding carboxylic acids is 1. The predicted molar refractivity (Wildman–Crippen MR) is 74.2 cm³/mol. The molecular weight excluding hydrogens is 272 g/mol. The number of rotatable bonds is 1. The van der Waals surface area contributed by atoms with Gasteiger partial charge in [-0.1, -0.05) is 0 Å². The number of imidazole rings is 1. The number of hydrogen-bond donors (Lipinski definition) is 0. The maximum Gasteiger partial charge on any atom is 0.331 e. The van der Waals surface area contributed by atoms with Crippen molar-refractivity contribution in [1.29, 1.82) is 0 Å². The summed E-state index contributed by atoms with van der Waals surface area (Å²) in [7, 11) is 0. The van der Waals surface area contributed by atoms with E-state index in [1.54, 1.807) is 23.2 Å². The molecular formula is C14H16N4O3. The second-order valence-corrected chi connectivity index (χ2v) is 5.62. The molecule has 0 saturated carbocycles. The molecule has 0 aromatic carbocycles. The van der Waals surface area contributed by atoms with Crippen LogP contribution in [-0.4, -0.2) is 39.4 Å². The topological polar surface area (TPSA) is 74.3 Å². The molecule has 0 N–H and O–H groups in total. The fraction of sp³-hybridized carbons (Fsp3) is 0.357. The second kappa shape index (κ2) is 4.85. The van der Waals surface area contributed by atoms with E-state index in [4.69, 9.17) is 4.74 Å². The van der Waals surface area contributed by atoms with Crippen molar-refractivity contribution in [2.75, 3.05) is 13.3 Å². The minimum Gasteiger partial charge on any atom is -0.619 e. The van der Waals surface area contributed by atoms with Crippen LogP contribution in [0.15, 0.2) is 37.1 Å². The SMILES string of the molecule is CC1(C)COCN1C(=O)n1cnc(-c2ccc[n+]([O-])c2)c1. The highest BCUT2D eigenvalue weighted by atomic mass is 16.5. The van der Waals surface area contributed by atoms with Crippen molar-refractivity contribution in [3.63, 3.8) is 0 Å². The molecule has 1 aliphatic heterocycles. The number of carbonyl (C=O) groups is 1. The van der Waals surface area contributed by atoms with Gasteiger partial charge in [0.2, 0.25) is 0 Å². The van der Waals surface area contributed by atoms with Gasteiger partial charge in [0, 0.05) is 12.3 Å². The molecule has 0 spiro atoms.